The molecule has 17 heavy (non-hydrogen) atoms. The first-order chi connectivity index (χ1) is 7.52. The lowest BCUT2D eigenvalue weighted by Gasteiger charge is -2.17. The Kier molecular flexibility index (Phi) is 3.79. The molecule has 1 nitrogen and oxygen atoms in total. The zero-order chi connectivity index (χ0) is 13.4. The Morgan fingerprint density at radius 3 is 1.94 bits per heavy atom. The summed E-state index contributed by atoms with van der Waals surface area (Å²) in [7, 11) is 0. The van der Waals surface area contributed by atoms with E-state index in [4.69, 9.17) is 0 Å². The maximum atomic E-state index is 13.0. The zero-order valence-electron chi connectivity index (χ0n) is 7.59. The molecule has 0 aliphatic rings. The molecule has 0 aliphatic heterocycles. The molecule has 1 aromatic rings. The molecule has 0 amide bonds. The molecule has 0 spiro atoms. The molecule has 0 aliphatic carbocycles. The van der Waals surface area contributed by atoms with E-state index < -0.39 is 33.2 Å². The minimum Gasteiger partial charge on any atom is -0.402 e. The van der Waals surface area contributed by atoms with Gasteiger partial charge in [0, 0.05) is 3.57 Å². The maximum Gasteiger partial charge on any atom is 0.573 e. The molecule has 1 aromatic carbocycles. The third kappa shape index (κ3) is 3.61. The van der Waals surface area contributed by atoms with Gasteiger partial charge in [0.1, 0.15) is 5.56 Å². The highest BCUT2D eigenvalue weighted by Crippen LogP contribution is 2.42. The standard InChI is InChI=1S/C8H2F7IO/c9-3-1-2-4(16)5(7(10,11)12)6(3)17-8(13,14)15/h1-2H. The van der Waals surface area contributed by atoms with Gasteiger partial charge in [0.25, 0.3) is 0 Å². The largest absolute Gasteiger partial charge is 0.573 e. The molecule has 0 radical (unpaired) electrons. The molecule has 0 aromatic heterocycles. The van der Waals surface area contributed by atoms with Crippen LogP contribution in [0.1, 0.15) is 5.56 Å². The summed E-state index contributed by atoms with van der Waals surface area (Å²) in [6, 6.07) is 1.18. The van der Waals surface area contributed by atoms with E-state index in [9.17, 15) is 30.7 Å². The second-order valence-electron chi connectivity index (χ2n) is 2.78. The van der Waals surface area contributed by atoms with Crippen molar-refractivity contribution >= 4 is 22.6 Å². The molecule has 0 bridgehead atoms. The molecule has 0 N–H and O–H groups in total. The fourth-order valence-corrected chi connectivity index (χ4v) is 1.74. The monoisotopic (exact) mass is 374 g/mol. The summed E-state index contributed by atoms with van der Waals surface area (Å²) in [5.74, 6) is -3.59. The summed E-state index contributed by atoms with van der Waals surface area (Å²) < 4.78 is 88.4. The Morgan fingerprint density at radius 1 is 1.00 bits per heavy atom. The van der Waals surface area contributed by atoms with Gasteiger partial charge in [0.05, 0.1) is 0 Å². The highest BCUT2D eigenvalue weighted by Gasteiger charge is 2.42. The van der Waals surface area contributed by atoms with Crippen molar-refractivity contribution in [2.24, 2.45) is 0 Å². The van der Waals surface area contributed by atoms with Crippen LogP contribution in [-0.2, 0) is 6.18 Å². The number of rotatable bonds is 1. The third-order valence-corrected chi connectivity index (χ3v) is 2.46. The van der Waals surface area contributed by atoms with Gasteiger partial charge in [0.2, 0.25) is 0 Å². The first-order valence-corrected chi connectivity index (χ1v) is 4.91. The average Bonchev–Trinajstić information content (AvgIpc) is 2.06. The topological polar surface area (TPSA) is 9.23 Å². The summed E-state index contributed by atoms with van der Waals surface area (Å²) in [5, 5.41) is 0. The summed E-state index contributed by atoms with van der Waals surface area (Å²) in [4.78, 5) is 0. The van der Waals surface area contributed by atoms with Crippen molar-refractivity contribution in [3.8, 4) is 5.75 Å². The number of alkyl halides is 6. The van der Waals surface area contributed by atoms with Crippen molar-refractivity contribution in [2.75, 3.05) is 0 Å². The van der Waals surface area contributed by atoms with Gasteiger partial charge in [-0.1, -0.05) is 0 Å². The molecule has 0 unspecified atom stereocenters. The second-order valence-corrected chi connectivity index (χ2v) is 3.94. The van der Waals surface area contributed by atoms with Crippen molar-refractivity contribution in [3.63, 3.8) is 0 Å². The second kappa shape index (κ2) is 4.50. The van der Waals surface area contributed by atoms with Gasteiger partial charge in [0.15, 0.2) is 11.6 Å². The molecular formula is C8H2F7IO. The van der Waals surface area contributed by atoms with Gasteiger partial charge in [-0.05, 0) is 34.7 Å². The van der Waals surface area contributed by atoms with Crippen LogP contribution in [0.4, 0.5) is 30.7 Å². The fourth-order valence-electron chi connectivity index (χ4n) is 1.01. The molecule has 0 saturated carbocycles. The highest BCUT2D eigenvalue weighted by molar-refractivity contribution is 14.1. The van der Waals surface area contributed by atoms with E-state index in [1.54, 1.807) is 0 Å². The maximum absolute atomic E-state index is 13.0. The molecule has 9 heteroatoms. The third-order valence-electron chi connectivity index (χ3n) is 1.56. The highest BCUT2D eigenvalue weighted by atomic mass is 127. The summed E-state index contributed by atoms with van der Waals surface area (Å²) in [5.41, 5.74) is -1.78. The van der Waals surface area contributed by atoms with Crippen LogP contribution in [0.3, 0.4) is 0 Å². The van der Waals surface area contributed by atoms with Gasteiger partial charge in [-0.2, -0.15) is 13.2 Å². The molecule has 1 rings (SSSR count). The van der Waals surface area contributed by atoms with Gasteiger partial charge < -0.3 is 4.74 Å². The van der Waals surface area contributed by atoms with Gasteiger partial charge >= 0.3 is 12.5 Å². The van der Waals surface area contributed by atoms with Crippen molar-refractivity contribution in [1.29, 1.82) is 0 Å². The van der Waals surface area contributed by atoms with E-state index in [0.717, 1.165) is 22.6 Å². The Hall–Kier alpha value is -0.740. The molecule has 0 saturated heterocycles. The normalized spacial score (nSPS) is 12.7. The van der Waals surface area contributed by atoms with Crippen LogP contribution in [0.15, 0.2) is 12.1 Å². The lowest BCUT2D eigenvalue weighted by molar-refractivity contribution is -0.277. The quantitative estimate of drug-likeness (QED) is 0.525. The number of halogens is 8. The van der Waals surface area contributed by atoms with E-state index in [2.05, 4.69) is 4.74 Å². The molecular weight excluding hydrogens is 372 g/mol. The summed E-state index contributed by atoms with van der Waals surface area (Å²) in [6.45, 7) is 0. The predicted octanol–water partition coefficient (Wildman–Crippen LogP) is 4.35. The summed E-state index contributed by atoms with van der Waals surface area (Å²) in [6.07, 6.45) is -10.5. The SMILES string of the molecule is Fc1ccc(I)c(C(F)(F)F)c1OC(F)(F)F. The number of hydrogen-bond donors (Lipinski definition) is 0. The van der Waals surface area contributed by atoms with E-state index in [1.807, 2.05) is 0 Å². The molecule has 96 valence electrons. The van der Waals surface area contributed by atoms with E-state index in [-0.39, 0.29) is 0 Å². The Bertz CT molecular complexity index is 423. The molecule has 0 atom stereocenters. The van der Waals surface area contributed by atoms with Crippen molar-refractivity contribution in [2.45, 2.75) is 12.5 Å². The first kappa shape index (κ1) is 14.3. The van der Waals surface area contributed by atoms with Crippen LogP contribution in [0.25, 0.3) is 0 Å². The Balaban J connectivity index is 3.41. The molecule has 0 fully saturated rings. The minimum atomic E-state index is -5.40. The predicted molar refractivity (Wildman–Crippen MR) is 50.8 cm³/mol. The summed E-state index contributed by atoms with van der Waals surface area (Å²) >= 11 is 1.15. The van der Waals surface area contributed by atoms with Gasteiger partial charge in [-0.3, -0.25) is 0 Å². The Morgan fingerprint density at radius 2 is 1.53 bits per heavy atom. The first-order valence-electron chi connectivity index (χ1n) is 3.83. The van der Waals surface area contributed by atoms with E-state index >= 15 is 0 Å². The number of benzene rings is 1. The van der Waals surface area contributed by atoms with Gasteiger partial charge in [-0.15, -0.1) is 13.2 Å². The van der Waals surface area contributed by atoms with Crippen LogP contribution in [-0.4, -0.2) is 6.36 Å². The van der Waals surface area contributed by atoms with Crippen LogP contribution in [0.5, 0.6) is 5.75 Å². The number of hydrogen-bond acceptors (Lipinski definition) is 1. The van der Waals surface area contributed by atoms with Crippen LogP contribution >= 0.6 is 22.6 Å². The average molecular weight is 374 g/mol. The molecule has 0 heterocycles. The van der Waals surface area contributed by atoms with Crippen LogP contribution in [0, 0.1) is 9.39 Å². The minimum absolute atomic E-state index is 0.470. The van der Waals surface area contributed by atoms with Crippen molar-refractivity contribution < 1.29 is 35.5 Å². The smallest absolute Gasteiger partial charge is 0.402 e. The van der Waals surface area contributed by atoms with Crippen LogP contribution in [0.2, 0.25) is 0 Å². The zero-order valence-corrected chi connectivity index (χ0v) is 9.74. The lowest BCUT2D eigenvalue weighted by atomic mass is 10.2. The lowest BCUT2D eigenvalue weighted by Crippen LogP contribution is -2.22. The van der Waals surface area contributed by atoms with Gasteiger partial charge in [-0.25, -0.2) is 4.39 Å². The Labute approximate surface area is 104 Å². The van der Waals surface area contributed by atoms with E-state index in [1.165, 1.54) is 0 Å². The fraction of sp³-hybridized carbons (Fsp3) is 0.250. The van der Waals surface area contributed by atoms with Crippen molar-refractivity contribution in [1.82, 2.24) is 0 Å². The van der Waals surface area contributed by atoms with Crippen LogP contribution < -0.4 is 4.74 Å². The van der Waals surface area contributed by atoms with Crippen molar-refractivity contribution in [3.05, 3.63) is 27.1 Å². The van der Waals surface area contributed by atoms with E-state index in [0.29, 0.717) is 12.1 Å². The number of ether oxygens (including phenoxy) is 1.